The molecule has 0 N–H and O–H groups in total. The topological polar surface area (TPSA) is 52.0 Å². The minimum absolute atomic E-state index is 0.0525. The van der Waals surface area contributed by atoms with Crippen LogP contribution in [-0.2, 0) is 11.3 Å². The van der Waals surface area contributed by atoms with Gasteiger partial charge in [-0.2, -0.15) is 0 Å². The molecule has 3 aromatic heterocycles. The van der Waals surface area contributed by atoms with Gasteiger partial charge in [0.05, 0.1) is 48.3 Å². The summed E-state index contributed by atoms with van der Waals surface area (Å²) in [6.07, 6.45) is 5.26. The van der Waals surface area contributed by atoms with Gasteiger partial charge >= 0.3 is 0 Å². The van der Waals surface area contributed by atoms with Crippen molar-refractivity contribution in [2.24, 2.45) is 0 Å². The second-order valence-corrected chi connectivity index (χ2v) is 8.00. The third kappa shape index (κ3) is 3.86. The first-order valence-electron chi connectivity index (χ1n) is 10.3. The van der Waals surface area contributed by atoms with E-state index >= 15 is 0 Å². The Kier molecular flexibility index (Phi) is 5.62. The molecule has 5 rings (SSSR count). The SMILES string of the molecule is [C-]#[N+]c1cnc2ccc(-c3c(-c4ccc(F)c(Cl)c4)ncn3CCN3CCOCC3)cn12. The first-order chi connectivity index (χ1) is 15.6. The minimum atomic E-state index is -0.467. The fourth-order valence-electron chi connectivity index (χ4n) is 3.97. The third-order valence-corrected chi connectivity index (χ3v) is 5.96. The van der Waals surface area contributed by atoms with Gasteiger partial charge in [-0.25, -0.2) is 18.8 Å². The van der Waals surface area contributed by atoms with E-state index < -0.39 is 5.82 Å². The summed E-state index contributed by atoms with van der Waals surface area (Å²) in [5.74, 6) is -0.0298. The Hall–Kier alpha value is -3.25. The van der Waals surface area contributed by atoms with Crippen molar-refractivity contribution in [3.05, 3.63) is 71.3 Å². The van der Waals surface area contributed by atoms with Crippen molar-refractivity contribution in [3.63, 3.8) is 0 Å². The van der Waals surface area contributed by atoms with Crippen LogP contribution in [0.5, 0.6) is 0 Å². The predicted octanol–water partition coefficient (Wildman–Crippen LogP) is 4.54. The van der Waals surface area contributed by atoms with E-state index in [9.17, 15) is 4.39 Å². The van der Waals surface area contributed by atoms with E-state index in [1.165, 1.54) is 6.07 Å². The molecule has 4 heterocycles. The molecule has 162 valence electrons. The van der Waals surface area contributed by atoms with Gasteiger partial charge in [-0.15, -0.1) is 0 Å². The zero-order valence-corrected chi connectivity index (χ0v) is 18.0. The lowest BCUT2D eigenvalue weighted by Gasteiger charge is -2.26. The highest BCUT2D eigenvalue weighted by molar-refractivity contribution is 6.31. The van der Waals surface area contributed by atoms with Crippen molar-refractivity contribution < 1.29 is 9.13 Å². The van der Waals surface area contributed by atoms with E-state index in [4.69, 9.17) is 22.9 Å². The standard InChI is InChI=1S/C23H20ClFN6O/c1-26-21-13-27-20-5-3-17(14-31(20)21)23-22(16-2-4-19(25)18(24)12-16)28-15-30(23)7-6-29-8-10-32-11-9-29/h2-5,12-15H,6-11H2. The summed E-state index contributed by atoms with van der Waals surface area (Å²) in [6, 6.07) is 8.47. The summed E-state index contributed by atoms with van der Waals surface area (Å²) in [4.78, 5) is 14.9. The van der Waals surface area contributed by atoms with Crippen LogP contribution in [0.3, 0.4) is 0 Å². The zero-order valence-electron chi connectivity index (χ0n) is 17.2. The molecule has 1 saturated heterocycles. The molecule has 0 unspecified atom stereocenters. The summed E-state index contributed by atoms with van der Waals surface area (Å²) in [7, 11) is 0. The van der Waals surface area contributed by atoms with E-state index in [2.05, 4.69) is 24.3 Å². The molecule has 7 nitrogen and oxygen atoms in total. The lowest BCUT2D eigenvalue weighted by molar-refractivity contribution is 0.0364. The van der Waals surface area contributed by atoms with Gasteiger partial charge in [0.15, 0.2) is 0 Å². The number of morpholine rings is 1. The molecule has 32 heavy (non-hydrogen) atoms. The van der Waals surface area contributed by atoms with Gasteiger partial charge in [0, 0.05) is 43.4 Å². The Morgan fingerprint density at radius 3 is 2.69 bits per heavy atom. The summed E-state index contributed by atoms with van der Waals surface area (Å²) in [5, 5.41) is 0.0525. The Balaban J connectivity index is 1.59. The number of imidazole rings is 2. The average molecular weight is 451 g/mol. The quantitative estimate of drug-likeness (QED) is 0.419. The Morgan fingerprint density at radius 1 is 1.09 bits per heavy atom. The highest BCUT2D eigenvalue weighted by Crippen LogP contribution is 2.34. The first-order valence-corrected chi connectivity index (χ1v) is 10.7. The number of rotatable bonds is 5. The fraction of sp³-hybridized carbons (Fsp3) is 0.261. The second kappa shape index (κ2) is 8.71. The van der Waals surface area contributed by atoms with Crippen molar-refractivity contribution in [1.29, 1.82) is 0 Å². The molecule has 1 fully saturated rings. The van der Waals surface area contributed by atoms with Gasteiger partial charge in [-0.05, 0) is 24.3 Å². The number of aromatic nitrogens is 4. The zero-order chi connectivity index (χ0) is 22.1. The van der Waals surface area contributed by atoms with Gasteiger partial charge in [0.2, 0.25) is 5.65 Å². The largest absolute Gasteiger partial charge is 0.379 e. The molecular weight excluding hydrogens is 431 g/mol. The van der Waals surface area contributed by atoms with Gasteiger partial charge in [0.1, 0.15) is 5.82 Å². The van der Waals surface area contributed by atoms with Crippen LogP contribution in [0.2, 0.25) is 5.02 Å². The Morgan fingerprint density at radius 2 is 1.91 bits per heavy atom. The van der Waals surface area contributed by atoms with E-state index in [0.717, 1.165) is 56.2 Å². The number of hydrogen-bond donors (Lipinski definition) is 0. The summed E-state index contributed by atoms with van der Waals surface area (Å²) >= 11 is 6.06. The highest BCUT2D eigenvalue weighted by atomic mass is 35.5. The van der Waals surface area contributed by atoms with Gasteiger partial charge in [-0.3, -0.25) is 4.90 Å². The van der Waals surface area contributed by atoms with Crippen LogP contribution in [0.4, 0.5) is 10.2 Å². The molecule has 0 amide bonds. The van der Waals surface area contributed by atoms with Crippen molar-refractivity contribution >= 4 is 23.1 Å². The molecule has 0 bridgehead atoms. The van der Waals surface area contributed by atoms with E-state index in [1.807, 2.05) is 18.3 Å². The molecule has 1 aliphatic rings. The van der Waals surface area contributed by atoms with Crippen LogP contribution in [0.15, 0.2) is 49.1 Å². The van der Waals surface area contributed by atoms with E-state index in [0.29, 0.717) is 17.2 Å². The fourth-order valence-corrected chi connectivity index (χ4v) is 4.15. The van der Waals surface area contributed by atoms with Crippen molar-refractivity contribution in [1.82, 2.24) is 23.8 Å². The van der Waals surface area contributed by atoms with Crippen LogP contribution in [0.1, 0.15) is 0 Å². The highest BCUT2D eigenvalue weighted by Gasteiger charge is 2.19. The number of benzene rings is 1. The van der Waals surface area contributed by atoms with Crippen LogP contribution in [0.25, 0.3) is 33.0 Å². The third-order valence-electron chi connectivity index (χ3n) is 5.67. The lowest BCUT2D eigenvalue weighted by atomic mass is 10.1. The molecule has 9 heteroatoms. The number of pyridine rings is 1. The summed E-state index contributed by atoms with van der Waals surface area (Å²) < 4.78 is 23.1. The molecule has 0 aliphatic carbocycles. The molecule has 0 saturated carbocycles. The van der Waals surface area contributed by atoms with Gasteiger partial charge < -0.3 is 14.1 Å². The van der Waals surface area contributed by atoms with Gasteiger partial charge in [0.25, 0.3) is 5.82 Å². The Labute approximate surface area is 189 Å². The summed E-state index contributed by atoms with van der Waals surface area (Å²) in [5.41, 5.74) is 3.90. The van der Waals surface area contributed by atoms with Crippen LogP contribution >= 0.6 is 11.6 Å². The molecule has 4 aromatic rings. The normalized spacial score (nSPS) is 14.7. The van der Waals surface area contributed by atoms with Crippen molar-refractivity contribution in [3.8, 4) is 22.5 Å². The molecule has 0 radical (unpaired) electrons. The molecular formula is C23H20ClFN6O. The maximum Gasteiger partial charge on any atom is 0.254 e. The van der Waals surface area contributed by atoms with Crippen LogP contribution in [-0.4, -0.2) is 56.7 Å². The van der Waals surface area contributed by atoms with Crippen molar-refractivity contribution in [2.45, 2.75) is 6.54 Å². The van der Waals surface area contributed by atoms with Crippen LogP contribution < -0.4 is 0 Å². The predicted molar refractivity (Wildman–Crippen MR) is 120 cm³/mol. The molecule has 0 spiro atoms. The monoisotopic (exact) mass is 450 g/mol. The van der Waals surface area contributed by atoms with Crippen molar-refractivity contribution in [2.75, 3.05) is 32.8 Å². The Bertz CT molecular complexity index is 1320. The molecule has 1 aliphatic heterocycles. The number of ether oxygens (including phenoxy) is 1. The molecule has 0 atom stereocenters. The van der Waals surface area contributed by atoms with Crippen LogP contribution in [0, 0.1) is 12.4 Å². The number of hydrogen-bond acceptors (Lipinski definition) is 4. The van der Waals surface area contributed by atoms with E-state index in [1.54, 1.807) is 29.1 Å². The maximum atomic E-state index is 13.8. The smallest absolute Gasteiger partial charge is 0.254 e. The summed E-state index contributed by atoms with van der Waals surface area (Å²) in [6.45, 7) is 12.3. The maximum absolute atomic E-state index is 13.8. The minimum Gasteiger partial charge on any atom is -0.379 e. The lowest BCUT2D eigenvalue weighted by Crippen LogP contribution is -2.38. The number of nitrogens with zero attached hydrogens (tertiary/aromatic N) is 6. The molecule has 1 aromatic carbocycles. The first kappa shape index (κ1) is 20.6. The second-order valence-electron chi connectivity index (χ2n) is 7.59. The average Bonchev–Trinajstić information content (AvgIpc) is 3.43. The number of fused-ring (bicyclic) bond motifs is 1. The number of halogens is 2. The van der Waals surface area contributed by atoms with Gasteiger partial charge in [-0.1, -0.05) is 18.2 Å². The van der Waals surface area contributed by atoms with E-state index in [-0.39, 0.29) is 5.02 Å².